The minimum Gasteiger partial charge on any atom is -0.464 e. The molecule has 1 aromatic rings. The van der Waals surface area contributed by atoms with Gasteiger partial charge in [-0.25, -0.2) is 9.78 Å². The topological polar surface area (TPSA) is 82.6 Å². The van der Waals surface area contributed by atoms with Crippen LogP contribution in [0.25, 0.3) is 0 Å². The third-order valence-corrected chi connectivity index (χ3v) is 2.83. The third-order valence-electron chi connectivity index (χ3n) is 1.66. The Labute approximate surface area is 113 Å². The van der Waals surface area contributed by atoms with E-state index in [4.69, 9.17) is 0 Å². The fraction of sp³-hybridized carbons (Fsp3) is 0.333. The number of pyridine rings is 1. The molecule has 0 fully saturated rings. The van der Waals surface area contributed by atoms with Gasteiger partial charge in [-0.15, -0.1) is 0 Å². The van der Waals surface area contributed by atoms with Crippen molar-refractivity contribution in [2.45, 2.75) is 6.61 Å². The molecule has 0 atom stereocenters. The second kappa shape index (κ2) is 5.74. The van der Waals surface area contributed by atoms with Gasteiger partial charge in [0.05, 0.1) is 19.1 Å². The zero-order valence-corrected chi connectivity index (χ0v) is 12.1. The molecule has 17 heavy (non-hydrogen) atoms. The SMILES string of the molecule is COC(=O)c1cc(I)cc(COS(C)(=O)=O)n1. The summed E-state index contributed by atoms with van der Waals surface area (Å²) in [5.74, 6) is -0.580. The molecular formula is C9H10INO5S. The van der Waals surface area contributed by atoms with E-state index in [9.17, 15) is 13.2 Å². The van der Waals surface area contributed by atoms with Crippen molar-refractivity contribution in [3.8, 4) is 0 Å². The van der Waals surface area contributed by atoms with Crippen LogP contribution in [-0.4, -0.2) is 32.7 Å². The second-order valence-corrected chi connectivity index (χ2v) is 6.01. The molecule has 0 amide bonds. The van der Waals surface area contributed by atoms with Crippen LogP contribution in [0.2, 0.25) is 0 Å². The summed E-state index contributed by atoms with van der Waals surface area (Å²) < 4.78 is 31.5. The number of esters is 1. The zero-order valence-electron chi connectivity index (χ0n) is 9.14. The van der Waals surface area contributed by atoms with Crippen molar-refractivity contribution in [3.63, 3.8) is 0 Å². The molecule has 0 spiro atoms. The molecule has 0 bridgehead atoms. The highest BCUT2D eigenvalue weighted by molar-refractivity contribution is 14.1. The number of hydrogen-bond donors (Lipinski definition) is 0. The van der Waals surface area contributed by atoms with Crippen molar-refractivity contribution < 1.29 is 22.1 Å². The maximum atomic E-state index is 11.3. The molecule has 94 valence electrons. The molecule has 0 aliphatic rings. The van der Waals surface area contributed by atoms with E-state index < -0.39 is 16.1 Å². The third kappa shape index (κ3) is 4.96. The van der Waals surface area contributed by atoms with E-state index in [0.717, 1.165) is 9.83 Å². The number of carbonyl (C=O) groups is 1. The van der Waals surface area contributed by atoms with Crippen LogP contribution in [0.4, 0.5) is 0 Å². The molecule has 1 rings (SSSR count). The highest BCUT2D eigenvalue weighted by atomic mass is 127. The van der Waals surface area contributed by atoms with Crippen LogP contribution >= 0.6 is 22.6 Å². The monoisotopic (exact) mass is 371 g/mol. The minimum absolute atomic E-state index is 0.117. The lowest BCUT2D eigenvalue weighted by Gasteiger charge is -2.04. The summed E-state index contributed by atoms with van der Waals surface area (Å²) in [6.45, 7) is -0.209. The lowest BCUT2D eigenvalue weighted by molar-refractivity contribution is 0.0593. The quantitative estimate of drug-likeness (QED) is 0.445. The van der Waals surface area contributed by atoms with Crippen molar-refractivity contribution in [2.24, 2.45) is 0 Å². The normalized spacial score (nSPS) is 11.2. The number of nitrogens with zero attached hydrogens (tertiary/aromatic N) is 1. The molecule has 0 N–H and O–H groups in total. The average molecular weight is 371 g/mol. The van der Waals surface area contributed by atoms with Crippen LogP contribution in [-0.2, 0) is 25.6 Å². The standard InChI is InChI=1S/C9H10INO5S/c1-15-9(12)8-4-6(10)3-7(11-8)5-16-17(2,13)14/h3-4H,5H2,1-2H3. The van der Waals surface area contributed by atoms with Gasteiger partial charge in [-0.05, 0) is 34.7 Å². The number of aromatic nitrogens is 1. The van der Waals surface area contributed by atoms with E-state index in [1.165, 1.54) is 13.2 Å². The van der Waals surface area contributed by atoms with Crippen LogP contribution in [0, 0.1) is 3.57 Å². The summed E-state index contributed by atoms with van der Waals surface area (Å²) in [4.78, 5) is 15.2. The van der Waals surface area contributed by atoms with Gasteiger partial charge >= 0.3 is 5.97 Å². The first kappa shape index (κ1) is 14.3. The van der Waals surface area contributed by atoms with Crippen molar-refractivity contribution in [2.75, 3.05) is 13.4 Å². The Morgan fingerprint density at radius 1 is 1.47 bits per heavy atom. The average Bonchev–Trinajstić information content (AvgIpc) is 2.23. The number of carbonyl (C=O) groups excluding carboxylic acids is 1. The summed E-state index contributed by atoms with van der Waals surface area (Å²) in [5, 5.41) is 0. The van der Waals surface area contributed by atoms with E-state index in [2.05, 4.69) is 13.9 Å². The Balaban J connectivity index is 2.94. The Hall–Kier alpha value is -0.740. The van der Waals surface area contributed by atoms with E-state index >= 15 is 0 Å². The van der Waals surface area contributed by atoms with Gasteiger partial charge in [0.2, 0.25) is 0 Å². The predicted octanol–water partition coefficient (Wildman–Crippen LogP) is 0.949. The van der Waals surface area contributed by atoms with Gasteiger partial charge in [0.25, 0.3) is 10.1 Å². The molecule has 0 saturated heterocycles. The van der Waals surface area contributed by atoms with E-state index in [1.807, 2.05) is 22.6 Å². The van der Waals surface area contributed by atoms with E-state index in [-0.39, 0.29) is 12.3 Å². The van der Waals surface area contributed by atoms with Crippen LogP contribution in [0.1, 0.15) is 16.2 Å². The van der Waals surface area contributed by atoms with Crippen LogP contribution in [0.3, 0.4) is 0 Å². The van der Waals surface area contributed by atoms with Crippen molar-refractivity contribution in [1.29, 1.82) is 0 Å². The minimum atomic E-state index is -3.53. The van der Waals surface area contributed by atoms with E-state index in [1.54, 1.807) is 6.07 Å². The lowest BCUT2D eigenvalue weighted by atomic mass is 10.3. The molecular weight excluding hydrogens is 361 g/mol. The highest BCUT2D eigenvalue weighted by Gasteiger charge is 2.11. The van der Waals surface area contributed by atoms with Gasteiger partial charge in [0, 0.05) is 3.57 Å². The number of halogens is 1. The maximum Gasteiger partial charge on any atom is 0.356 e. The molecule has 6 nitrogen and oxygen atoms in total. The van der Waals surface area contributed by atoms with Crippen molar-refractivity contribution in [3.05, 3.63) is 27.1 Å². The van der Waals surface area contributed by atoms with Gasteiger partial charge in [0.1, 0.15) is 12.3 Å². The zero-order chi connectivity index (χ0) is 13.1. The van der Waals surface area contributed by atoms with Crippen molar-refractivity contribution in [1.82, 2.24) is 4.98 Å². The molecule has 0 unspecified atom stereocenters. The van der Waals surface area contributed by atoms with Crippen LogP contribution in [0.15, 0.2) is 12.1 Å². The van der Waals surface area contributed by atoms with Gasteiger partial charge in [-0.2, -0.15) is 8.42 Å². The number of hydrogen-bond acceptors (Lipinski definition) is 6. The Kier molecular flexibility index (Phi) is 4.83. The van der Waals surface area contributed by atoms with Crippen molar-refractivity contribution >= 4 is 38.7 Å². The summed E-state index contributed by atoms with van der Waals surface area (Å²) in [7, 11) is -2.29. The fourth-order valence-corrected chi connectivity index (χ4v) is 1.99. The molecule has 0 saturated carbocycles. The number of methoxy groups -OCH3 is 1. The fourth-order valence-electron chi connectivity index (χ4n) is 1.00. The van der Waals surface area contributed by atoms with Gasteiger partial charge < -0.3 is 4.74 Å². The van der Waals surface area contributed by atoms with Gasteiger partial charge in [-0.1, -0.05) is 0 Å². The van der Waals surface area contributed by atoms with Gasteiger partial charge in [0.15, 0.2) is 0 Å². The first-order valence-corrected chi connectivity index (χ1v) is 7.30. The molecule has 1 aromatic heterocycles. The summed E-state index contributed by atoms with van der Waals surface area (Å²) >= 11 is 1.99. The molecule has 0 aromatic carbocycles. The second-order valence-electron chi connectivity index (χ2n) is 3.12. The lowest BCUT2D eigenvalue weighted by Crippen LogP contribution is -2.09. The van der Waals surface area contributed by atoms with Crippen LogP contribution < -0.4 is 0 Å². The molecule has 8 heteroatoms. The predicted molar refractivity (Wildman–Crippen MR) is 67.9 cm³/mol. The molecule has 0 radical (unpaired) electrons. The Morgan fingerprint density at radius 2 is 2.12 bits per heavy atom. The number of rotatable bonds is 4. The van der Waals surface area contributed by atoms with Crippen LogP contribution in [0.5, 0.6) is 0 Å². The molecule has 1 heterocycles. The maximum absolute atomic E-state index is 11.3. The number of ether oxygens (including phenoxy) is 1. The summed E-state index contributed by atoms with van der Waals surface area (Å²) in [5.41, 5.74) is 0.467. The summed E-state index contributed by atoms with van der Waals surface area (Å²) in [6, 6.07) is 3.16. The largest absolute Gasteiger partial charge is 0.464 e. The van der Waals surface area contributed by atoms with Gasteiger partial charge in [-0.3, -0.25) is 4.18 Å². The summed E-state index contributed by atoms with van der Waals surface area (Å²) in [6.07, 6.45) is 0.947. The molecule has 0 aliphatic heterocycles. The van der Waals surface area contributed by atoms with E-state index in [0.29, 0.717) is 5.69 Å². The Morgan fingerprint density at radius 3 is 2.65 bits per heavy atom. The molecule has 0 aliphatic carbocycles. The first-order valence-electron chi connectivity index (χ1n) is 4.41. The Bertz CT molecular complexity index is 528. The first-order chi connectivity index (χ1) is 7.81. The smallest absolute Gasteiger partial charge is 0.356 e. The highest BCUT2D eigenvalue weighted by Crippen LogP contribution is 2.11.